The number of morpholine rings is 1. The van der Waals surface area contributed by atoms with Gasteiger partial charge in [0.25, 0.3) is 5.91 Å². The molecule has 2 aromatic heterocycles. The molecule has 4 aromatic rings. The number of hydrogen-bond acceptors (Lipinski definition) is 8. The van der Waals surface area contributed by atoms with E-state index in [1.54, 1.807) is 19.2 Å². The molecule has 5 rings (SSSR count). The van der Waals surface area contributed by atoms with E-state index in [1.165, 1.54) is 11.3 Å². The van der Waals surface area contributed by atoms with E-state index in [9.17, 15) is 4.79 Å². The molecule has 0 saturated carbocycles. The van der Waals surface area contributed by atoms with Crippen LogP contribution in [0.1, 0.15) is 16.8 Å². The maximum Gasteiger partial charge on any atom is 0.251 e. The number of methoxy groups -OCH3 is 1. The molecule has 0 spiro atoms. The zero-order valence-corrected chi connectivity index (χ0v) is 19.8. The van der Waals surface area contributed by atoms with Crippen molar-refractivity contribution in [3.05, 3.63) is 53.4 Å². The highest BCUT2D eigenvalue weighted by molar-refractivity contribution is 7.13. The minimum Gasteiger partial charge on any atom is -0.497 e. The van der Waals surface area contributed by atoms with E-state index in [2.05, 4.69) is 15.4 Å². The Kier molecular flexibility index (Phi) is 6.84. The number of nitrogens with one attached hydrogen (secondary N) is 1. The Balaban J connectivity index is 1.27. The lowest BCUT2D eigenvalue weighted by atomic mass is 10.1. The summed E-state index contributed by atoms with van der Waals surface area (Å²) in [4.78, 5) is 19.8. The Morgan fingerprint density at radius 1 is 1.18 bits per heavy atom. The van der Waals surface area contributed by atoms with Gasteiger partial charge in [-0.05, 0) is 55.4 Å². The Morgan fingerprint density at radius 3 is 2.79 bits per heavy atom. The maximum absolute atomic E-state index is 12.7. The van der Waals surface area contributed by atoms with Gasteiger partial charge in [-0.1, -0.05) is 5.16 Å². The summed E-state index contributed by atoms with van der Waals surface area (Å²) in [5.74, 6) is 0.697. The quantitative estimate of drug-likeness (QED) is 0.382. The van der Waals surface area contributed by atoms with Crippen LogP contribution in [0.4, 0.5) is 0 Å². The highest BCUT2D eigenvalue weighted by Gasteiger charge is 2.17. The molecule has 0 atom stereocenters. The second-order valence-electron chi connectivity index (χ2n) is 8.07. The second-order valence-corrected chi connectivity index (χ2v) is 8.93. The Morgan fingerprint density at radius 2 is 2.00 bits per heavy atom. The summed E-state index contributed by atoms with van der Waals surface area (Å²) in [6.45, 7) is 5.07. The van der Waals surface area contributed by atoms with Crippen LogP contribution >= 0.6 is 11.3 Å². The van der Waals surface area contributed by atoms with Crippen LogP contribution in [-0.4, -0.2) is 67.5 Å². The van der Waals surface area contributed by atoms with Gasteiger partial charge in [-0.25, -0.2) is 4.98 Å². The van der Waals surface area contributed by atoms with E-state index in [0.29, 0.717) is 23.4 Å². The first-order valence-electron chi connectivity index (χ1n) is 11.3. The van der Waals surface area contributed by atoms with Crippen molar-refractivity contribution >= 4 is 28.2 Å². The average Bonchev–Trinajstić information content (AvgIpc) is 3.54. The van der Waals surface area contributed by atoms with E-state index in [4.69, 9.17) is 19.0 Å². The van der Waals surface area contributed by atoms with Gasteiger partial charge < -0.3 is 19.3 Å². The molecular formula is C25H26N4O4S. The van der Waals surface area contributed by atoms with Crippen LogP contribution in [0.25, 0.3) is 32.9 Å². The number of rotatable bonds is 8. The number of aromatic nitrogens is 2. The first-order chi connectivity index (χ1) is 16.7. The summed E-state index contributed by atoms with van der Waals surface area (Å²) in [6, 6.07) is 13.1. The molecule has 2 aromatic carbocycles. The highest BCUT2D eigenvalue weighted by Crippen LogP contribution is 2.33. The van der Waals surface area contributed by atoms with Crippen molar-refractivity contribution in [1.29, 1.82) is 0 Å². The predicted molar refractivity (Wildman–Crippen MR) is 131 cm³/mol. The lowest BCUT2D eigenvalue weighted by Gasteiger charge is -2.26. The molecule has 3 heterocycles. The highest BCUT2D eigenvalue weighted by atomic mass is 32.1. The van der Waals surface area contributed by atoms with Crippen molar-refractivity contribution in [1.82, 2.24) is 20.4 Å². The fraction of sp³-hybridized carbons (Fsp3) is 0.320. The molecule has 0 radical (unpaired) electrons. The minimum atomic E-state index is -0.103. The van der Waals surface area contributed by atoms with Crippen LogP contribution in [0.3, 0.4) is 0 Å². The number of thiazole rings is 1. The summed E-state index contributed by atoms with van der Waals surface area (Å²) < 4.78 is 16.1. The number of nitrogens with zero attached hydrogens (tertiary/aromatic N) is 3. The predicted octanol–water partition coefficient (Wildman–Crippen LogP) is 4.08. The molecule has 1 aliphatic heterocycles. The monoisotopic (exact) mass is 478 g/mol. The summed E-state index contributed by atoms with van der Waals surface area (Å²) >= 11 is 1.53. The summed E-state index contributed by atoms with van der Waals surface area (Å²) in [6.07, 6.45) is 0.902. The summed E-state index contributed by atoms with van der Waals surface area (Å²) in [7, 11) is 1.65. The van der Waals surface area contributed by atoms with Crippen LogP contribution in [0.5, 0.6) is 5.75 Å². The third kappa shape index (κ3) is 4.96. The molecule has 0 aliphatic carbocycles. The van der Waals surface area contributed by atoms with Gasteiger partial charge in [-0.15, -0.1) is 11.3 Å². The Hall–Kier alpha value is -3.27. The lowest BCUT2D eigenvalue weighted by molar-refractivity contribution is 0.0374. The third-order valence-corrected chi connectivity index (χ3v) is 6.75. The number of carbonyl (C=O) groups excluding carboxylic acids is 1. The molecule has 1 N–H and O–H groups in total. The minimum absolute atomic E-state index is 0.103. The Bertz CT molecular complexity index is 1260. The van der Waals surface area contributed by atoms with E-state index >= 15 is 0 Å². The molecule has 176 valence electrons. The Labute approximate surface area is 201 Å². The number of fused-ring (bicyclic) bond motifs is 1. The number of ether oxygens (including phenoxy) is 2. The van der Waals surface area contributed by atoms with Crippen LogP contribution in [0.2, 0.25) is 0 Å². The van der Waals surface area contributed by atoms with Crippen molar-refractivity contribution in [3.8, 4) is 27.7 Å². The second kappa shape index (κ2) is 10.3. The zero-order chi connectivity index (χ0) is 23.3. The van der Waals surface area contributed by atoms with Gasteiger partial charge in [0, 0.05) is 36.1 Å². The third-order valence-electron chi connectivity index (χ3n) is 5.86. The van der Waals surface area contributed by atoms with Crippen molar-refractivity contribution in [3.63, 3.8) is 0 Å². The van der Waals surface area contributed by atoms with E-state index in [0.717, 1.165) is 66.7 Å². The number of hydrogen-bond donors (Lipinski definition) is 1. The van der Waals surface area contributed by atoms with Crippen LogP contribution in [-0.2, 0) is 4.74 Å². The molecule has 34 heavy (non-hydrogen) atoms. The first-order valence-corrected chi connectivity index (χ1v) is 12.2. The molecule has 8 nitrogen and oxygen atoms in total. The standard InChI is InChI=1S/C25H26N4O4S/c1-31-19-6-3-17(4-7-19)25-27-21(16-34-25)23-20-15-18(5-8-22(20)33-28-23)24(30)26-9-2-10-29-11-13-32-14-12-29/h3-8,15-16H,2,9-14H2,1H3,(H,26,30). The zero-order valence-electron chi connectivity index (χ0n) is 19.0. The number of benzene rings is 2. The van der Waals surface area contributed by atoms with Crippen molar-refractivity contribution in [2.45, 2.75) is 6.42 Å². The van der Waals surface area contributed by atoms with Crippen LogP contribution < -0.4 is 10.1 Å². The van der Waals surface area contributed by atoms with Crippen molar-refractivity contribution in [2.75, 3.05) is 46.5 Å². The topological polar surface area (TPSA) is 89.7 Å². The van der Waals surface area contributed by atoms with Gasteiger partial charge in [0.15, 0.2) is 5.58 Å². The van der Waals surface area contributed by atoms with Gasteiger partial charge in [-0.3, -0.25) is 9.69 Å². The molecule has 1 fully saturated rings. The molecule has 1 saturated heterocycles. The largest absolute Gasteiger partial charge is 0.497 e. The average molecular weight is 479 g/mol. The van der Waals surface area contributed by atoms with Gasteiger partial charge >= 0.3 is 0 Å². The smallest absolute Gasteiger partial charge is 0.251 e. The fourth-order valence-electron chi connectivity index (χ4n) is 3.94. The molecule has 9 heteroatoms. The van der Waals surface area contributed by atoms with Crippen molar-refractivity contribution in [2.24, 2.45) is 0 Å². The molecular weight excluding hydrogens is 452 g/mol. The number of amides is 1. The normalized spacial score (nSPS) is 14.4. The molecule has 1 amide bonds. The molecule has 0 bridgehead atoms. The van der Waals surface area contributed by atoms with Gasteiger partial charge in [-0.2, -0.15) is 0 Å². The van der Waals surface area contributed by atoms with E-state index < -0.39 is 0 Å². The summed E-state index contributed by atoms with van der Waals surface area (Å²) in [5, 5.41) is 10.8. The van der Waals surface area contributed by atoms with Gasteiger partial charge in [0.1, 0.15) is 22.1 Å². The SMILES string of the molecule is COc1ccc(-c2nc(-c3noc4ccc(C(=O)NCCCN5CCOCC5)cc34)cs2)cc1. The molecule has 1 aliphatic rings. The van der Waals surface area contributed by atoms with Crippen molar-refractivity contribution < 1.29 is 18.8 Å². The van der Waals surface area contributed by atoms with Crippen LogP contribution in [0.15, 0.2) is 52.4 Å². The first kappa shape index (κ1) is 22.5. The van der Waals surface area contributed by atoms with E-state index in [-0.39, 0.29) is 5.91 Å². The van der Waals surface area contributed by atoms with Gasteiger partial charge in [0.05, 0.1) is 25.7 Å². The maximum atomic E-state index is 12.7. The summed E-state index contributed by atoms with van der Waals surface area (Å²) in [5.41, 5.74) is 3.56. The lowest BCUT2D eigenvalue weighted by Crippen LogP contribution is -2.38. The number of carbonyl (C=O) groups is 1. The molecule has 0 unspecified atom stereocenters. The van der Waals surface area contributed by atoms with Crippen LogP contribution in [0, 0.1) is 0 Å². The van der Waals surface area contributed by atoms with E-state index in [1.807, 2.05) is 35.7 Å². The fourth-order valence-corrected chi connectivity index (χ4v) is 4.76. The van der Waals surface area contributed by atoms with Gasteiger partial charge in [0.2, 0.25) is 0 Å².